The molecule has 106 valence electrons. The Morgan fingerprint density at radius 1 is 1.33 bits per heavy atom. The molecule has 2 aromatic rings. The second kappa shape index (κ2) is 5.65. The molecule has 2 N–H and O–H groups in total. The van der Waals surface area contributed by atoms with E-state index in [0.29, 0.717) is 25.8 Å². The van der Waals surface area contributed by atoms with Gasteiger partial charge in [-0.05, 0) is 24.3 Å². The molecule has 1 aliphatic rings. The van der Waals surface area contributed by atoms with Crippen LogP contribution in [0.3, 0.4) is 0 Å². The predicted molar refractivity (Wildman–Crippen MR) is 88.4 cm³/mol. The second-order valence-electron chi connectivity index (χ2n) is 4.26. The second-order valence-corrected chi connectivity index (χ2v) is 6.38. The molecule has 0 unspecified atom stereocenters. The molecule has 3 rings (SSSR count). The van der Waals surface area contributed by atoms with Crippen LogP contribution >= 0.6 is 35.6 Å². The molecule has 2 heterocycles. The summed E-state index contributed by atoms with van der Waals surface area (Å²) in [6, 6.07) is 10.9. The third-order valence-corrected chi connectivity index (χ3v) is 4.40. The molecule has 0 bridgehead atoms. The van der Waals surface area contributed by atoms with Gasteiger partial charge in [-0.1, -0.05) is 47.7 Å². The van der Waals surface area contributed by atoms with E-state index in [1.54, 1.807) is 18.2 Å². The Bertz CT molecular complexity index is 770. The van der Waals surface area contributed by atoms with Gasteiger partial charge >= 0.3 is 0 Å². The number of carbonyl (C=O) groups is 1. The fraction of sp³-hybridized carbons (Fsp3) is 0. The van der Waals surface area contributed by atoms with Crippen LogP contribution in [0.25, 0.3) is 17.4 Å². The normalized spacial score (nSPS) is 17.0. The van der Waals surface area contributed by atoms with Crippen molar-refractivity contribution < 1.29 is 9.21 Å². The van der Waals surface area contributed by atoms with Crippen molar-refractivity contribution in [1.29, 1.82) is 0 Å². The van der Waals surface area contributed by atoms with Gasteiger partial charge in [-0.3, -0.25) is 4.79 Å². The molecule has 0 radical (unpaired) electrons. The van der Waals surface area contributed by atoms with E-state index >= 15 is 0 Å². The van der Waals surface area contributed by atoms with Gasteiger partial charge in [-0.2, -0.15) is 0 Å². The Morgan fingerprint density at radius 2 is 2.14 bits per heavy atom. The van der Waals surface area contributed by atoms with Crippen LogP contribution in [0.4, 0.5) is 0 Å². The molecule has 0 spiro atoms. The smallest absolute Gasteiger partial charge is 0.280 e. The highest BCUT2D eigenvalue weighted by molar-refractivity contribution is 8.26. The molecule has 7 heteroatoms. The van der Waals surface area contributed by atoms with Gasteiger partial charge in [0.15, 0.2) is 4.32 Å². The number of hydrogen-bond acceptors (Lipinski definition) is 5. The molecule has 0 aliphatic carbocycles. The van der Waals surface area contributed by atoms with Crippen LogP contribution < -0.4 is 5.84 Å². The minimum Gasteiger partial charge on any atom is -0.457 e. The molecule has 21 heavy (non-hydrogen) atoms. The first kappa shape index (κ1) is 14.3. The number of halogens is 1. The zero-order valence-electron chi connectivity index (χ0n) is 10.6. The van der Waals surface area contributed by atoms with Gasteiger partial charge in [-0.25, -0.2) is 10.9 Å². The van der Waals surface area contributed by atoms with Crippen molar-refractivity contribution in [3.8, 4) is 11.3 Å². The molecule has 4 nitrogen and oxygen atoms in total. The van der Waals surface area contributed by atoms with E-state index in [1.165, 1.54) is 0 Å². The summed E-state index contributed by atoms with van der Waals surface area (Å²) in [5, 5.41) is 1.58. The zero-order chi connectivity index (χ0) is 15.0. The average molecular weight is 337 g/mol. The van der Waals surface area contributed by atoms with Crippen LogP contribution in [0.15, 0.2) is 45.7 Å². The minimum absolute atomic E-state index is 0.327. The van der Waals surface area contributed by atoms with Gasteiger partial charge in [0.2, 0.25) is 0 Å². The first-order valence-corrected chi connectivity index (χ1v) is 7.53. The summed E-state index contributed by atoms with van der Waals surface area (Å²) < 4.78 is 6.03. The molecule has 1 aromatic carbocycles. The Kier molecular flexibility index (Phi) is 3.86. The number of benzene rings is 1. The van der Waals surface area contributed by atoms with E-state index in [-0.39, 0.29) is 5.91 Å². The fourth-order valence-electron chi connectivity index (χ4n) is 1.84. The lowest BCUT2D eigenvalue weighted by atomic mass is 10.2. The minimum atomic E-state index is -0.328. The highest BCUT2D eigenvalue weighted by Crippen LogP contribution is 2.32. The lowest BCUT2D eigenvalue weighted by Crippen LogP contribution is -2.34. The van der Waals surface area contributed by atoms with Gasteiger partial charge in [-0.15, -0.1) is 0 Å². The zero-order valence-corrected chi connectivity index (χ0v) is 13.0. The number of carbonyl (C=O) groups excluding carboxylic acids is 1. The van der Waals surface area contributed by atoms with Crippen LogP contribution in [-0.4, -0.2) is 15.2 Å². The van der Waals surface area contributed by atoms with Crippen LogP contribution in [0, 0.1) is 0 Å². The molecule has 0 saturated carbocycles. The molecule has 0 atom stereocenters. The van der Waals surface area contributed by atoms with Crippen molar-refractivity contribution in [3.63, 3.8) is 0 Å². The topological polar surface area (TPSA) is 59.5 Å². The van der Waals surface area contributed by atoms with Gasteiger partial charge in [0.25, 0.3) is 5.91 Å². The van der Waals surface area contributed by atoms with Gasteiger partial charge in [0.05, 0.1) is 4.91 Å². The Balaban J connectivity index is 1.89. The molecule has 1 aliphatic heterocycles. The van der Waals surface area contributed by atoms with Crippen molar-refractivity contribution in [1.82, 2.24) is 5.01 Å². The average Bonchev–Trinajstić information content (AvgIpc) is 3.01. The summed E-state index contributed by atoms with van der Waals surface area (Å²) in [5.74, 6) is 6.41. The molecular formula is C14H9ClN2O2S2. The van der Waals surface area contributed by atoms with Gasteiger partial charge in [0, 0.05) is 16.7 Å². The number of amides is 1. The van der Waals surface area contributed by atoms with E-state index in [2.05, 4.69) is 0 Å². The maximum Gasteiger partial charge on any atom is 0.280 e. The molecular weight excluding hydrogens is 328 g/mol. The molecule has 1 saturated heterocycles. The van der Waals surface area contributed by atoms with Crippen LogP contribution in [-0.2, 0) is 4.79 Å². The van der Waals surface area contributed by atoms with E-state index in [0.717, 1.165) is 22.3 Å². The quantitative estimate of drug-likeness (QED) is 0.392. The summed E-state index contributed by atoms with van der Waals surface area (Å²) in [7, 11) is 0. The van der Waals surface area contributed by atoms with Crippen molar-refractivity contribution in [2.24, 2.45) is 5.84 Å². The summed E-state index contributed by atoms with van der Waals surface area (Å²) in [6.07, 6.45) is 1.63. The summed E-state index contributed by atoms with van der Waals surface area (Å²) >= 11 is 12.1. The SMILES string of the molecule is NN1C(=O)/C(=C\c2ccc(-c3cccc(Cl)c3)o2)SC1=S. The number of thioether (sulfide) groups is 1. The number of nitrogens with zero attached hydrogens (tertiary/aromatic N) is 1. The monoisotopic (exact) mass is 336 g/mol. The molecule has 1 fully saturated rings. The molecule has 1 amide bonds. The lowest BCUT2D eigenvalue weighted by Gasteiger charge is -2.02. The highest BCUT2D eigenvalue weighted by Gasteiger charge is 2.30. The fourth-order valence-corrected chi connectivity index (χ4v) is 3.11. The number of furan rings is 1. The highest BCUT2D eigenvalue weighted by atomic mass is 35.5. The van der Waals surface area contributed by atoms with E-state index in [1.807, 2.05) is 24.3 Å². The van der Waals surface area contributed by atoms with Crippen molar-refractivity contribution in [3.05, 3.63) is 52.1 Å². The number of thiocarbonyl (C=S) groups is 1. The number of hydrazine groups is 1. The number of hydrogen-bond donors (Lipinski definition) is 1. The van der Waals surface area contributed by atoms with E-state index in [9.17, 15) is 4.79 Å². The summed E-state index contributed by atoms with van der Waals surface area (Å²) in [5.41, 5.74) is 0.869. The van der Waals surface area contributed by atoms with E-state index < -0.39 is 0 Å². The Labute approximate surface area is 135 Å². The Morgan fingerprint density at radius 3 is 2.81 bits per heavy atom. The number of rotatable bonds is 2. The lowest BCUT2D eigenvalue weighted by molar-refractivity contribution is -0.122. The van der Waals surface area contributed by atoms with Crippen molar-refractivity contribution in [2.45, 2.75) is 0 Å². The van der Waals surface area contributed by atoms with Crippen molar-refractivity contribution in [2.75, 3.05) is 0 Å². The van der Waals surface area contributed by atoms with E-state index in [4.69, 9.17) is 34.1 Å². The maximum absolute atomic E-state index is 11.8. The van der Waals surface area contributed by atoms with Gasteiger partial charge < -0.3 is 4.42 Å². The molecule has 1 aromatic heterocycles. The Hall–Kier alpha value is -1.60. The maximum atomic E-state index is 11.8. The van der Waals surface area contributed by atoms with Crippen LogP contribution in [0.1, 0.15) is 5.76 Å². The predicted octanol–water partition coefficient (Wildman–Crippen LogP) is 3.67. The van der Waals surface area contributed by atoms with Gasteiger partial charge in [0.1, 0.15) is 11.5 Å². The third-order valence-electron chi connectivity index (χ3n) is 2.83. The summed E-state index contributed by atoms with van der Waals surface area (Å²) in [4.78, 5) is 12.2. The standard InChI is InChI=1S/C14H9ClN2O2S2/c15-9-3-1-2-8(6-9)11-5-4-10(19-11)7-12-13(18)17(16)14(20)21-12/h1-7H,16H2/b12-7+. The first-order chi connectivity index (χ1) is 10.0. The van der Waals surface area contributed by atoms with Crippen LogP contribution in [0.2, 0.25) is 5.02 Å². The number of nitrogens with two attached hydrogens (primary N) is 1. The first-order valence-electron chi connectivity index (χ1n) is 5.93. The largest absolute Gasteiger partial charge is 0.457 e. The van der Waals surface area contributed by atoms with Crippen molar-refractivity contribution >= 4 is 51.9 Å². The third kappa shape index (κ3) is 2.89. The van der Waals surface area contributed by atoms with Crippen LogP contribution in [0.5, 0.6) is 0 Å². The summed E-state index contributed by atoms with van der Waals surface area (Å²) in [6.45, 7) is 0.